The molecule has 0 saturated carbocycles. The molecule has 0 aliphatic rings. The number of rotatable bonds is 10. The summed E-state index contributed by atoms with van der Waals surface area (Å²) in [6.45, 7) is 4.45. The maximum atomic E-state index is 12.6. The topological polar surface area (TPSA) is 187 Å². The first-order valence-electron chi connectivity index (χ1n) is 10.8. The van der Waals surface area contributed by atoms with Crippen molar-refractivity contribution in [1.29, 1.82) is 0 Å². The van der Waals surface area contributed by atoms with E-state index < -0.39 is 11.0 Å². The summed E-state index contributed by atoms with van der Waals surface area (Å²) >= 11 is 12.4. The molecule has 0 aliphatic carbocycles. The Morgan fingerprint density at radius 2 is 1.86 bits per heavy atom. The van der Waals surface area contributed by atoms with Crippen LogP contribution in [0.15, 0.2) is 36.5 Å². The molecule has 1 aromatic carbocycles. The van der Waals surface area contributed by atoms with Gasteiger partial charge in [0, 0.05) is 29.7 Å². The summed E-state index contributed by atoms with van der Waals surface area (Å²) in [6.07, 6.45) is 1.46. The number of pyridine rings is 1. The second kappa shape index (κ2) is 11.8. The van der Waals surface area contributed by atoms with Crippen LogP contribution in [0.5, 0.6) is 0 Å². The quantitative estimate of drug-likeness (QED) is 0.145. The smallest absolute Gasteiger partial charge is 0.311 e. The van der Waals surface area contributed by atoms with Crippen LogP contribution in [-0.4, -0.2) is 44.9 Å². The Kier molecular flexibility index (Phi) is 8.80. The van der Waals surface area contributed by atoms with Crippen molar-refractivity contribution < 1.29 is 9.72 Å². The molecule has 1 atom stereocenters. The van der Waals surface area contributed by atoms with E-state index in [1.54, 1.807) is 18.2 Å². The zero-order valence-corrected chi connectivity index (χ0v) is 21.0. The van der Waals surface area contributed by atoms with Crippen LogP contribution in [0.1, 0.15) is 13.8 Å². The molecular formula is C22H25Cl2N9O3. The maximum Gasteiger partial charge on any atom is 0.311 e. The number of aromatic nitrogens is 3. The lowest BCUT2D eigenvalue weighted by atomic mass is 10.0. The molecule has 0 fully saturated rings. The van der Waals surface area contributed by atoms with Gasteiger partial charge in [-0.05, 0) is 30.2 Å². The van der Waals surface area contributed by atoms with Crippen molar-refractivity contribution in [3.05, 3.63) is 56.7 Å². The standard InChI is InChI=1S/C22H25Cl2N9O3/c1-11(2)18(25)21(34)30-15-10-29-22(32-19(15)13-4-3-12(23)9-14(13)24)28-8-7-27-17-6-5-16(33(35)36)20(26)31-17/h3-6,9-11,18H,7-8,25H2,1-2H3,(H,30,34)(H3,26,27,31)(H,28,29,32)/t18-/m0/s1. The largest absolute Gasteiger partial charge is 0.378 e. The Morgan fingerprint density at radius 3 is 2.50 bits per heavy atom. The van der Waals surface area contributed by atoms with Gasteiger partial charge in [-0.2, -0.15) is 0 Å². The third kappa shape index (κ3) is 6.68. The minimum atomic E-state index is -0.718. The predicted molar refractivity (Wildman–Crippen MR) is 141 cm³/mol. The van der Waals surface area contributed by atoms with Gasteiger partial charge in [-0.15, -0.1) is 0 Å². The fourth-order valence-corrected chi connectivity index (χ4v) is 3.55. The zero-order chi connectivity index (χ0) is 26.4. The van der Waals surface area contributed by atoms with Crippen molar-refractivity contribution >= 4 is 58.1 Å². The van der Waals surface area contributed by atoms with Gasteiger partial charge >= 0.3 is 5.69 Å². The van der Waals surface area contributed by atoms with E-state index in [2.05, 4.69) is 30.9 Å². The summed E-state index contributed by atoms with van der Waals surface area (Å²) in [5.74, 6) is 0.0389. The van der Waals surface area contributed by atoms with Crippen molar-refractivity contribution in [3.8, 4) is 11.3 Å². The molecule has 0 saturated heterocycles. The summed E-state index contributed by atoms with van der Waals surface area (Å²) < 4.78 is 0. The van der Waals surface area contributed by atoms with Gasteiger partial charge in [0.15, 0.2) is 0 Å². The number of nitrogens with two attached hydrogens (primary N) is 2. The summed E-state index contributed by atoms with van der Waals surface area (Å²) in [6, 6.07) is 6.96. The summed E-state index contributed by atoms with van der Waals surface area (Å²) in [5.41, 5.74) is 12.6. The molecule has 0 aliphatic heterocycles. The molecule has 0 spiro atoms. The number of halogens is 2. The molecule has 3 rings (SSSR count). The van der Waals surface area contributed by atoms with Crippen LogP contribution < -0.4 is 27.4 Å². The fraction of sp³-hybridized carbons (Fsp3) is 0.273. The highest BCUT2D eigenvalue weighted by Gasteiger charge is 2.21. The van der Waals surface area contributed by atoms with Crippen LogP contribution in [0.4, 0.5) is 29.0 Å². The minimum absolute atomic E-state index is 0.0671. The number of hydrogen-bond acceptors (Lipinski definition) is 10. The molecule has 2 heterocycles. The molecule has 3 aromatic rings. The van der Waals surface area contributed by atoms with E-state index in [1.165, 1.54) is 18.3 Å². The number of nitro groups is 1. The molecule has 2 aromatic heterocycles. The molecule has 14 heteroatoms. The van der Waals surface area contributed by atoms with E-state index in [0.717, 1.165) is 0 Å². The van der Waals surface area contributed by atoms with Crippen molar-refractivity contribution in [2.24, 2.45) is 11.7 Å². The Balaban J connectivity index is 1.76. The molecular weight excluding hydrogens is 509 g/mol. The third-order valence-electron chi connectivity index (χ3n) is 5.07. The Bertz CT molecular complexity index is 1270. The van der Waals surface area contributed by atoms with E-state index in [0.29, 0.717) is 45.9 Å². The lowest BCUT2D eigenvalue weighted by molar-refractivity contribution is -0.384. The third-order valence-corrected chi connectivity index (χ3v) is 5.62. The van der Waals surface area contributed by atoms with E-state index in [4.69, 9.17) is 34.7 Å². The fourth-order valence-electron chi connectivity index (χ4n) is 3.05. The number of hydrogen-bond donors (Lipinski definition) is 5. The van der Waals surface area contributed by atoms with E-state index in [1.807, 2.05) is 13.8 Å². The van der Waals surface area contributed by atoms with Gasteiger partial charge in [0.25, 0.3) is 0 Å². The van der Waals surface area contributed by atoms with Crippen molar-refractivity contribution in [3.63, 3.8) is 0 Å². The number of nitrogens with one attached hydrogen (secondary N) is 3. The molecule has 12 nitrogen and oxygen atoms in total. The molecule has 190 valence electrons. The highest BCUT2D eigenvalue weighted by atomic mass is 35.5. The monoisotopic (exact) mass is 533 g/mol. The highest BCUT2D eigenvalue weighted by Crippen LogP contribution is 2.34. The van der Waals surface area contributed by atoms with E-state index >= 15 is 0 Å². The Labute approximate surface area is 217 Å². The normalized spacial score (nSPS) is 11.7. The number of carbonyl (C=O) groups excluding carboxylic acids is 1. The van der Waals surface area contributed by atoms with Crippen LogP contribution in [0.3, 0.4) is 0 Å². The second-order valence-corrected chi connectivity index (χ2v) is 8.89. The lowest BCUT2D eigenvalue weighted by Gasteiger charge is -2.18. The number of nitrogen functional groups attached to an aromatic ring is 1. The van der Waals surface area contributed by atoms with E-state index in [-0.39, 0.29) is 29.3 Å². The van der Waals surface area contributed by atoms with Gasteiger partial charge in [0.1, 0.15) is 11.5 Å². The van der Waals surface area contributed by atoms with E-state index in [9.17, 15) is 14.9 Å². The lowest BCUT2D eigenvalue weighted by Crippen LogP contribution is -2.39. The molecule has 7 N–H and O–H groups in total. The zero-order valence-electron chi connectivity index (χ0n) is 19.5. The second-order valence-electron chi connectivity index (χ2n) is 8.05. The van der Waals surface area contributed by atoms with Crippen molar-refractivity contribution in [2.75, 3.05) is 34.8 Å². The molecule has 0 unspecified atom stereocenters. The van der Waals surface area contributed by atoms with Crippen molar-refractivity contribution in [2.45, 2.75) is 19.9 Å². The number of amides is 1. The summed E-state index contributed by atoms with van der Waals surface area (Å²) in [4.78, 5) is 35.6. The van der Waals surface area contributed by atoms with Gasteiger partial charge in [0.05, 0.1) is 27.9 Å². The van der Waals surface area contributed by atoms with Gasteiger partial charge < -0.3 is 27.4 Å². The van der Waals surface area contributed by atoms with Gasteiger partial charge in [-0.3, -0.25) is 14.9 Å². The average molecular weight is 534 g/mol. The van der Waals surface area contributed by atoms with Crippen LogP contribution in [0.2, 0.25) is 10.0 Å². The molecule has 36 heavy (non-hydrogen) atoms. The molecule has 0 radical (unpaired) electrons. The average Bonchev–Trinajstić information content (AvgIpc) is 2.82. The number of benzene rings is 1. The number of anilines is 4. The first-order valence-corrected chi connectivity index (χ1v) is 11.6. The SMILES string of the molecule is CC(C)[C@H](N)C(=O)Nc1cnc(NCCNc2ccc([N+](=O)[O-])c(N)n2)nc1-c1ccc(Cl)cc1Cl. The maximum absolute atomic E-state index is 12.6. The van der Waals surface area contributed by atoms with Crippen molar-refractivity contribution in [1.82, 2.24) is 15.0 Å². The Hall–Kier alpha value is -3.74. The molecule has 0 bridgehead atoms. The van der Waals surface area contributed by atoms with Crippen LogP contribution in [0, 0.1) is 16.0 Å². The first-order chi connectivity index (χ1) is 17.1. The van der Waals surface area contributed by atoms with Crippen LogP contribution in [0.25, 0.3) is 11.3 Å². The first kappa shape index (κ1) is 26.9. The summed E-state index contributed by atoms with van der Waals surface area (Å²) in [5, 5.41) is 20.5. The summed E-state index contributed by atoms with van der Waals surface area (Å²) in [7, 11) is 0. The van der Waals surface area contributed by atoms with Crippen LogP contribution in [-0.2, 0) is 4.79 Å². The van der Waals surface area contributed by atoms with Gasteiger partial charge in [-0.25, -0.2) is 15.0 Å². The molecule has 1 amide bonds. The van der Waals surface area contributed by atoms with Gasteiger partial charge in [-0.1, -0.05) is 37.0 Å². The minimum Gasteiger partial charge on any atom is -0.378 e. The number of carbonyl (C=O) groups is 1. The highest BCUT2D eigenvalue weighted by molar-refractivity contribution is 6.36. The Morgan fingerprint density at radius 1 is 1.14 bits per heavy atom. The predicted octanol–water partition coefficient (Wildman–Crippen LogP) is 3.78. The van der Waals surface area contributed by atoms with Gasteiger partial charge in [0.2, 0.25) is 17.7 Å². The van der Waals surface area contributed by atoms with Crippen LogP contribution >= 0.6 is 23.2 Å². The number of nitrogens with zero attached hydrogens (tertiary/aromatic N) is 4.